The highest BCUT2D eigenvalue weighted by Crippen LogP contribution is 2.38. The first-order valence-corrected chi connectivity index (χ1v) is 13.7. The summed E-state index contributed by atoms with van der Waals surface area (Å²) in [6.07, 6.45) is 14.3. The molecule has 1 aliphatic rings. The van der Waals surface area contributed by atoms with Crippen LogP contribution in [0.25, 0.3) is 16.9 Å². The van der Waals surface area contributed by atoms with Crippen LogP contribution in [0.15, 0.2) is 73.1 Å². The molecular formula is C33H40N2. The van der Waals surface area contributed by atoms with Crippen LogP contribution in [0, 0.1) is 11.8 Å². The number of hydrogen-bond donors (Lipinski definition) is 0. The summed E-state index contributed by atoms with van der Waals surface area (Å²) in [5.74, 6) is 2.54. The van der Waals surface area contributed by atoms with Gasteiger partial charge >= 0.3 is 0 Å². The summed E-state index contributed by atoms with van der Waals surface area (Å²) in [6.45, 7) is 6.91. The van der Waals surface area contributed by atoms with Crippen LogP contribution in [0.1, 0.15) is 87.5 Å². The summed E-state index contributed by atoms with van der Waals surface area (Å²) in [6, 6.07) is 22.8. The molecule has 1 saturated carbocycles. The number of benzene rings is 2. The molecule has 182 valence electrons. The summed E-state index contributed by atoms with van der Waals surface area (Å²) in [4.78, 5) is 4.73. The minimum absolute atomic E-state index is 0.747. The quantitative estimate of drug-likeness (QED) is 0.254. The van der Waals surface area contributed by atoms with Gasteiger partial charge in [-0.3, -0.25) is 4.40 Å². The lowest BCUT2D eigenvalue weighted by atomic mass is 9.76. The first-order valence-electron chi connectivity index (χ1n) is 13.7. The minimum Gasteiger partial charge on any atom is -0.299 e. The molecule has 35 heavy (non-hydrogen) atoms. The number of imidazole rings is 1. The number of aryl methyl sites for hydroxylation is 1. The van der Waals surface area contributed by atoms with Gasteiger partial charge in [0.25, 0.3) is 0 Å². The Kier molecular flexibility index (Phi) is 7.37. The van der Waals surface area contributed by atoms with Gasteiger partial charge in [-0.25, -0.2) is 4.98 Å². The molecule has 2 nitrogen and oxygen atoms in total. The maximum Gasteiger partial charge on any atom is 0.140 e. The van der Waals surface area contributed by atoms with Crippen molar-refractivity contribution in [1.82, 2.24) is 9.38 Å². The summed E-state index contributed by atoms with van der Waals surface area (Å²) in [5.41, 5.74) is 9.07. The summed E-state index contributed by atoms with van der Waals surface area (Å²) < 4.78 is 2.25. The van der Waals surface area contributed by atoms with Gasteiger partial charge in [-0.15, -0.1) is 0 Å². The van der Waals surface area contributed by atoms with Crippen LogP contribution in [-0.4, -0.2) is 9.38 Å². The van der Waals surface area contributed by atoms with E-state index in [0.717, 1.165) is 36.2 Å². The first kappa shape index (κ1) is 23.9. The predicted molar refractivity (Wildman–Crippen MR) is 148 cm³/mol. The van der Waals surface area contributed by atoms with Gasteiger partial charge in [0.05, 0.1) is 5.69 Å². The van der Waals surface area contributed by atoms with Crippen LogP contribution >= 0.6 is 0 Å². The van der Waals surface area contributed by atoms with E-state index in [1.807, 2.05) is 6.20 Å². The number of pyridine rings is 1. The van der Waals surface area contributed by atoms with E-state index in [1.54, 1.807) is 0 Å². The molecule has 0 bridgehead atoms. The summed E-state index contributed by atoms with van der Waals surface area (Å²) in [5, 5.41) is 0. The third-order valence-corrected chi connectivity index (χ3v) is 8.11. The third-order valence-electron chi connectivity index (χ3n) is 8.11. The molecule has 0 spiro atoms. The molecule has 2 aromatic carbocycles. The van der Waals surface area contributed by atoms with Gasteiger partial charge in [-0.1, -0.05) is 82.1 Å². The second-order valence-electron chi connectivity index (χ2n) is 11.0. The van der Waals surface area contributed by atoms with Crippen LogP contribution < -0.4 is 0 Å². The predicted octanol–water partition coefficient (Wildman–Crippen LogP) is 8.86. The highest BCUT2D eigenvalue weighted by Gasteiger charge is 2.22. The van der Waals surface area contributed by atoms with Crippen molar-refractivity contribution in [3.8, 4) is 11.3 Å². The lowest BCUT2D eigenvalue weighted by Crippen LogP contribution is -2.14. The van der Waals surface area contributed by atoms with Crippen molar-refractivity contribution in [2.75, 3.05) is 0 Å². The molecule has 4 aromatic rings. The van der Waals surface area contributed by atoms with Gasteiger partial charge in [-0.2, -0.15) is 0 Å². The van der Waals surface area contributed by atoms with Gasteiger partial charge in [0.15, 0.2) is 0 Å². The monoisotopic (exact) mass is 464 g/mol. The third kappa shape index (κ3) is 5.53. The second kappa shape index (κ2) is 10.8. The number of fused-ring (bicyclic) bond motifs is 1. The van der Waals surface area contributed by atoms with E-state index in [4.69, 9.17) is 4.98 Å². The fourth-order valence-corrected chi connectivity index (χ4v) is 5.87. The fourth-order valence-electron chi connectivity index (χ4n) is 5.87. The van der Waals surface area contributed by atoms with Crippen LogP contribution in [0.3, 0.4) is 0 Å². The Morgan fingerprint density at radius 1 is 0.914 bits per heavy atom. The molecule has 1 aliphatic carbocycles. The average molecular weight is 465 g/mol. The SMILES string of the molecule is CCc1cccc(-c2ccc(Cc3ccc(C4CCC(CCC(C)C)CC4)cc3)c3nccn23)c1. The molecule has 0 saturated heterocycles. The van der Waals surface area contributed by atoms with E-state index in [1.165, 1.54) is 72.0 Å². The van der Waals surface area contributed by atoms with Crippen LogP contribution in [0.4, 0.5) is 0 Å². The molecule has 0 atom stereocenters. The molecule has 0 aliphatic heterocycles. The zero-order valence-electron chi connectivity index (χ0n) is 21.7. The van der Waals surface area contributed by atoms with Crippen molar-refractivity contribution in [3.63, 3.8) is 0 Å². The Bertz CT molecular complexity index is 1240. The fraction of sp³-hybridized carbons (Fsp3) is 0.424. The standard InChI is InChI=1S/C33H40N2/c1-4-25-6-5-7-30(22-25)32-19-18-31(33-34-20-21-35(32)33)23-27-12-16-29(17-13-27)28-14-10-26(11-15-28)9-8-24(2)3/h5-7,12-13,16-22,24,26,28H,4,8-11,14-15,23H2,1-3H3. The minimum atomic E-state index is 0.747. The maximum atomic E-state index is 4.73. The average Bonchev–Trinajstić information content (AvgIpc) is 3.39. The van der Waals surface area contributed by atoms with Crippen molar-refractivity contribution in [2.24, 2.45) is 11.8 Å². The van der Waals surface area contributed by atoms with E-state index in [9.17, 15) is 0 Å². The molecule has 1 fully saturated rings. The molecular weight excluding hydrogens is 424 g/mol. The largest absolute Gasteiger partial charge is 0.299 e. The molecule has 2 aromatic heterocycles. The molecule has 0 N–H and O–H groups in total. The summed E-state index contributed by atoms with van der Waals surface area (Å²) >= 11 is 0. The zero-order valence-corrected chi connectivity index (χ0v) is 21.7. The number of nitrogens with zero attached hydrogens (tertiary/aromatic N) is 2. The van der Waals surface area contributed by atoms with Gasteiger partial charge in [-0.05, 0) is 89.8 Å². The molecule has 2 heteroatoms. The summed E-state index contributed by atoms with van der Waals surface area (Å²) in [7, 11) is 0. The molecule has 5 rings (SSSR count). The smallest absolute Gasteiger partial charge is 0.140 e. The van der Waals surface area contributed by atoms with Gasteiger partial charge in [0.1, 0.15) is 5.65 Å². The Hall–Kier alpha value is -2.87. The van der Waals surface area contributed by atoms with E-state index in [0.29, 0.717) is 0 Å². The van der Waals surface area contributed by atoms with Gasteiger partial charge in [0, 0.05) is 18.8 Å². The number of hydrogen-bond acceptors (Lipinski definition) is 1. The van der Waals surface area contributed by atoms with Crippen molar-refractivity contribution in [3.05, 3.63) is 95.3 Å². The van der Waals surface area contributed by atoms with E-state index < -0.39 is 0 Å². The maximum absolute atomic E-state index is 4.73. The van der Waals surface area contributed by atoms with Crippen LogP contribution in [-0.2, 0) is 12.8 Å². The molecule has 0 amide bonds. The first-order chi connectivity index (χ1) is 17.1. The molecule has 0 unspecified atom stereocenters. The Morgan fingerprint density at radius 3 is 2.46 bits per heavy atom. The number of rotatable bonds is 8. The van der Waals surface area contributed by atoms with Gasteiger partial charge < -0.3 is 0 Å². The van der Waals surface area contributed by atoms with Crippen LogP contribution in [0.5, 0.6) is 0 Å². The van der Waals surface area contributed by atoms with Crippen LogP contribution in [0.2, 0.25) is 0 Å². The topological polar surface area (TPSA) is 17.3 Å². The number of aromatic nitrogens is 2. The van der Waals surface area contributed by atoms with Crippen molar-refractivity contribution in [2.45, 2.75) is 78.1 Å². The highest BCUT2D eigenvalue weighted by atomic mass is 15.0. The van der Waals surface area contributed by atoms with Crippen molar-refractivity contribution in [1.29, 1.82) is 0 Å². The van der Waals surface area contributed by atoms with Gasteiger partial charge in [0.2, 0.25) is 0 Å². The second-order valence-corrected chi connectivity index (χ2v) is 11.0. The Morgan fingerprint density at radius 2 is 1.71 bits per heavy atom. The lowest BCUT2D eigenvalue weighted by Gasteiger charge is -2.29. The van der Waals surface area contributed by atoms with Crippen molar-refractivity contribution >= 4 is 5.65 Å². The lowest BCUT2D eigenvalue weighted by molar-refractivity contribution is 0.293. The Balaban J connectivity index is 1.28. The van der Waals surface area contributed by atoms with E-state index >= 15 is 0 Å². The van der Waals surface area contributed by atoms with E-state index in [-0.39, 0.29) is 0 Å². The molecule has 0 radical (unpaired) electrons. The molecule has 2 heterocycles. The Labute approximate surface area is 211 Å². The normalized spacial score (nSPS) is 18.4. The highest BCUT2D eigenvalue weighted by molar-refractivity contribution is 5.66. The van der Waals surface area contributed by atoms with Crippen molar-refractivity contribution < 1.29 is 0 Å². The zero-order chi connectivity index (χ0) is 24.2. The van der Waals surface area contributed by atoms with E-state index in [2.05, 4.69) is 92.0 Å².